The fourth-order valence-corrected chi connectivity index (χ4v) is 3.50. The summed E-state index contributed by atoms with van der Waals surface area (Å²) in [6, 6.07) is 7.45. The van der Waals surface area contributed by atoms with Gasteiger partial charge in [0.25, 0.3) is 5.56 Å². The third-order valence-corrected chi connectivity index (χ3v) is 5.05. The molecule has 146 valence electrons. The van der Waals surface area contributed by atoms with Gasteiger partial charge in [0.15, 0.2) is 11.2 Å². The molecular weight excluding hydrogens is 358 g/mol. The lowest BCUT2D eigenvalue weighted by molar-refractivity contribution is -0.121. The number of hydrogen-bond donors (Lipinski definition) is 1. The zero-order chi connectivity index (χ0) is 19.5. The van der Waals surface area contributed by atoms with Crippen molar-refractivity contribution in [2.75, 3.05) is 7.11 Å². The Labute approximate surface area is 162 Å². The van der Waals surface area contributed by atoms with Crippen LogP contribution in [-0.2, 0) is 30.8 Å². The number of aromatic nitrogens is 4. The van der Waals surface area contributed by atoms with Crippen LogP contribution in [0.5, 0.6) is 5.75 Å². The van der Waals surface area contributed by atoms with E-state index in [-0.39, 0.29) is 18.0 Å². The molecule has 8 nitrogen and oxygen atoms in total. The van der Waals surface area contributed by atoms with Crippen LogP contribution in [-0.4, -0.2) is 32.1 Å². The molecule has 1 aliphatic rings. The zero-order valence-corrected chi connectivity index (χ0v) is 15.9. The van der Waals surface area contributed by atoms with Crippen LogP contribution in [0.4, 0.5) is 0 Å². The minimum Gasteiger partial charge on any atom is -0.497 e. The second-order valence-corrected chi connectivity index (χ2v) is 6.96. The van der Waals surface area contributed by atoms with Crippen LogP contribution >= 0.6 is 0 Å². The first-order valence-electron chi connectivity index (χ1n) is 9.50. The van der Waals surface area contributed by atoms with Crippen molar-refractivity contribution in [3.8, 4) is 5.75 Å². The quantitative estimate of drug-likeness (QED) is 0.726. The SMILES string of the molecule is COc1ccc(CNC(=O)Cn2cnc3c(nc4n3CCCCC4)c2=O)cc1. The highest BCUT2D eigenvalue weighted by Crippen LogP contribution is 2.18. The molecule has 0 saturated heterocycles. The first-order valence-corrected chi connectivity index (χ1v) is 9.50. The first-order chi connectivity index (χ1) is 13.7. The number of amides is 1. The Morgan fingerprint density at radius 3 is 2.82 bits per heavy atom. The molecule has 1 aromatic carbocycles. The smallest absolute Gasteiger partial charge is 0.282 e. The average Bonchev–Trinajstić information content (AvgIpc) is 2.91. The fourth-order valence-electron chi connectivity index (χ4n) is 3.50. The van der Waals surface area contributed by atoms with Crippen LogP contribution in [0.3, 0.4) is 0 Å². The largest absolute Gasteiger partial charge is 0.497 e. The van der Waals surface area contributed by atoms with Crippen molar-refractivity contribution in [3.05, 3.63) is 52.3 Å². The molecule has 0 spiro atoms. The number of aryl methyl sites for hydroxylation is 2. The van der Waals surface area contributed by atoms with E-state index in [9.17, 15) is 9.59 Å². The minimum atomic E-state index is -0.273. The van der Waals surface area contributed by atoms with E-state index in [2.05, 4.69) is 15.3 Å². The fraction of sp³-hybridized carbons (Fsp3) is 0.400. The van der Waals surface area contributed by atoms with E-state index >= 15 is 0 Å². The van der Waals surface area contributed by atoms with Crippen LogP contribution in [0.25, 0.3) is 11.2 Å². The Bertz CT molecular complexity index is 1050. The number of carbonyl (C=O) groups excluding carboxylic acids is 1. The lowest BCUT2D eigenvalue weighted by Crippen LogP contribution is -2.32. The van der Waals surface area contributed by atoms with Gasteiger partial charge in [0, 0.05) is 19.5 Å². The third kappa shape index (κ3) is 3.62. The average molecular weight is 381 g/mol. The van der Waals surface area contributed by atoms with Crippen molar-refractivity contribution in [2.24, 2.45) is 0 Å². The van der Waals surface area contributed by atoms with E-state index in [4.69, 9.17) is 4.74 Å². The summed E-state index contributed by atoms with van der Waals surface area (Å²) in [5.74, 6) is 1.43. The number of nitrogens with one attached hydrogen (secondary N) is 1. The summed E-state index contributed by atoms with van der Waals surface area (Å²) in [4.78, 5) is 34.0. The number of hydrogen-bond acceptors (Lipinski definition) is 5. The van der Waals surface area contributed by atoms with E-state index in [1.54, 1.807) is 7.11 Å². The number of nitrogens with zero attached hydrogens (tertiary/aromatic N) is 4. The van der Waals surface area contributed by atoms with Gasteiger partial charge in [-0.25, -0.2) is 9.97 Å². The van der Waals surface area contributed by atoms with Crippen molar-refractivity contribution in [1.82, 2.24) is 24.4 Å². The zero-order valence-electron chi connectivity index (χ0n) is 15.9. The van der Waals surface area contributed by atoms with Gasteiger partial charge in [0.2, 0.25) is 5.91 Å². The van der Waals surface area contributed by atoms with Gasteiger partial charge < -0.3 is 14.6 Å². The standard InChI is InChI=1S/C20H23N5O3/c1-28-15-8-6-14(7-9-15)11-21-17(26)12-24-13-22-19-18(20(24)27)23-16-5-3-2-4-10-25(16)19/h6-9,13H,2-5,10-12H2,1H3,(H,21,26). The van der Waals surface area contributed by atoms with Gasteiger partial charge in [-0.1, -0.05) is 18.6 Å². The number of ether oxygens (including phenoxy) is 1. The molecule has 0 aliphatic carbocycles. The summed E-state index contributed by atoms with van der Waals surface area (Å²) < 4.78 is 8.48. The maximum absolute atomic E-state index is 12.8. The molecule has 0 bridgehead atoms. The Kier molecular flexibility index (Phi) is 5.10. The van der Waals surface area contributed by atoms with Gasteiger partial charge >= 0.3 is 0 Å². The van der Waals surface area contributed by atoms with Gasteiger partial charge in [0.1, 0.15) is 24.4 Å². The van der Waals surface area contributed by atoms with Gasteiger partial charge in [-0.3, -0.25) is 14.2 Å². The van der Waals surface area contributed by atoms with Crippen LogP contribution in [0, 0.1) is 0 Å². The monoisotopic (exact) mass is 381 g/mol. The first kappa shape index (κ1) is 18.2. The summed E-state index contributed by atoms with van der Waals surface area (Å²) in [7, 11) is 1.61. The molecule has 0 radical (unpaired) electrons. The Morgan fingerprint density at radius 2 is 2.04 bits per heavy atom. The summed E-state index contributed by atoms with van der Waals surface area (Å²) in [5.41, 5.74) is 1.65. The topological polar surface area (TPSA) is 91.0 Å². The van der Waals surface area contributed by atoms with E-state index < -0.39 is 0 Å². The predicted octanol–water partition coefficient (Wildman–Crippen LogP) is 1.64. The van der Waals surface area contributed by atoms with Crippen molar-refractivity contribution in [1.29, 1.82) is 0 Å². The molecular formula is C20H23N5O3. The predicted molar refractivity (Wildman–Crippen MR) is 104 cm³/mol. The summed E-state index contributed by atoms with van der Waals surface area (Å²) in [6.45, 7) is 1.14. The highest BCUT2D eigenvalue weighted by Gasteiger charge is 2.18. The minimum absolute atomic E-state index is 0.0832. The Morgan fingerprint density at radius 1 is 1.21 bits per heavy atom. The summed E-state index contributed by atoms with van der Waals surface area (Å²) >= 11 is 0. The van der Waals surface area contributed by atoms with E-state index in [0.717, 1.165) is 49.4 Å². The third-order valence-electron chi connectivity index (χ3n) is 5.05. The van der Waals surface area contributed by atoms with Crippen LogP contribution in [0.2, 0.25) is 0 Å². The van der Waals surface area contributed by atoms with Crippen LogP contribution in [0.15, 0.2) is 35.4 Å². The number of imidazole rings is 1. The second-order valence-electron chi connectivity index (χ2n) is 6.96. The lowest BCUT2D eigenvalue weighted by Gasteiger charge is -2.08. The molecule has 1 aliphatic heterocycles. The number of methoxy groups -OCH3 is 1. The van der Waals surface area contributed by atoms with Crippen molar-refractivity contribution in [3.63, 3.8) is 0 Å². The highest BCUT2D eigenvalue weighted by atomic mass is 16.5. The van der Waals surface area contributed by atoms with Gasteiger partial charge in [0.05, 0.1) is 7.11 Å². The van der Waals surface area contributed by atoms with Crippen LogP contribution in [0.1, 0.15) is 30.7 Å². The molecule has 4 rings (SSSR count). The number of fused-ring (bicyclic) bond motifs is 3. The molecule has 3 aromatic rings. The van der Waals surface area contributed by atoms with Gasteiger partial charge in [-0.2, -0.15) is 0 Å². The molecule has 0 unspecified atom stereocenters. The van der Waals surface area contributed by atoms with Crippen molar-refractivity contribution < 1.29 is 9.53 Å². The maximum atomic E-state index is 12.8. The number of rotatable bonds is 5. The Balaban J connectivity index is 1.47. The molecule has 0 fully saturated rings. The molecule has 1 amide bonds. The molecule has 0 saturated carbocycles. The summed E-state index contributed by atoms with van der Waals surface area (Å²) in [6.07, 6.45) is 5.61. The maximum Gasteiger partial charge on any atom is 0.282 e. The van der Waals surface area contributed by atoms with Gasteiger partial charge in [-0.05, 0) is 30.5 Å². The van der Waals surface area contributed by atoms with E-state index in [1.807, 2.05) is 28.8 Å². The Hall–Kier alpha value is -3.16. The van der Waals surface area contributed by atoms with E-state index in [1.165, 1.54) is 10.9 Å². The van der Waals surface area contributed by atoms with Crippen LogP contribution < -0.4 is 15.6 Å². The molecule has 3 heterocycles. The van der Waals surface area contributed by atoms with E-state index in [0.29, 0.717) is 17.7 Å². The normalized spacial score (nSPS) is 13.8. The van der Waals surface area contributed by atoms with Crippen molar-refractivity contribution >= 4 is 17.1 Å². The molecule has 0 atom stereocenters. The molecule has 1 N–H and O–H groups in total. The van der Waals surface area contributed by atoms with Gasteiger partial charge in [-0.15, -0.1) is 0 Å². The number of carbonyl (C=O) groups is 1. The second kappa shape index (κ2) is 7.84. The lowest BCUT2D eigenvalue weighted by atomic mass is 10.2. The highest BCUT2D eigenvalue weighted by molar-refractivity contribution is 5.76. The van der Waals surface area contributed by atoms with Crippen molar-refractivity contribution in [2.45, 2.75) is 45.3 Å². The number of benzene rings is 1. The molecule has 28 heavy (non-hydrogen) atoms. The molecule has 2 aromatic heterocycles. The summed E-state index contributed by atoms with van der Waals surface area (Å²) in [5, 5.41) is 2.82. The molecule has 8 heteroatoms.